The lowest BCUT2D eigenvalue weighted by Gasteiger charge is -2.35. The van der Waals surface area contributed by atoms with Gasteiger partial charge in [-0.3, -0.25) is 4.79 Å². The molecule has 1 aromatic rings. The molecule has 1 fully saturated rings. The summed E-state index contributed by atoms with van der Waals surface area (Å²) >= 11 is 4.89. The van der Waals surface area contributed by atoms with E-state index in [0.717, 1.165) is 9.50 Å². The van der Waals surface area contributed by atoms with Gasteiger partial charge in [0.2, 0.25) is 5.91 Å². The Morgan fingerprint density at radius 1 is 1.53 bits per heavy atom. The van der Waals surface area contributed by atoms with Gasteiger partial charge in [-0.1, -0.05) is 11.8 Å². The standard InChI is InChI=1S/C13H17BrN2O2S/c1-9-6-16(7-10(2)18-9)12(17)8-19-13-11(14)4-3-5-15-13/h3-5,9-10H,6-8H2,1-2H3. The maximum absolute atomic E-state index is 12.2. The summed E-state index contributed by atoms with van der Waals surface area (Å²) in [6, 6.07) is 3.79. The van der Waals surface area contributed by atoms with Crippen LogP contribution in [0.1, 0.15) is 13.8 Å². The first-order valence-electron chi connectivity index (χ1n) is 6.23. The zero-order valence-electron chi connectivity index (χ0n) is 11.0. The van der Waals surface area contributed by atoms with Crippen molar-refractivity contribution < 1.29 is 9.53 Å². The number of amides is 1. The van der Waals surface area contributed by atoms with Crippen molar-refractivity contribution in [3.05, 3.63) is 22.8 Å². The highest BCUT2D eigenvalue weighted by Crippen LogP contribution is 2.25. The van der Waals surface area contributed by atoms with Gasteiger partial charge in [-0.15, -0.1) is 0 Å². The monoisotopic (exact) mass is 344 g/mol. The molecule has 2 rings (SSSR count). The highest BCUT2D eigenvalue weighted by atomic mass is 79.9. The number of carbonyl (C=O) groups is 1. The molecule has 1 amide bonds. The third kappa shape index (κ3) is 4.19. The van der Waals surface area contributed by atoms with Crippen LogP contribution < -0.4 is 0 Å². The molecule has 1 aliphatic heterocycles. The largest absolute Gasteiger partial charge is 0.372 e. The second-order valence-corrected chi connectivity index (χ2v) is 6.45. The Morgan fingerprint density at radius 3 is 2.84 bits per heavy atom. The zero-order chi connectivity index (χ0) is 13.8. The van der Waals surface area contributed by atoms with Gasteiger partial charge in [0, 0.05) is 23.8 Å². The molecule has 6 heteroatoms. The molecule has 0 bridgehead atoms. The number of ether oxygens (including phenoxy) is 1. The fourth-order valence-corrected chi connectivity index (χ4v) is 3.46. The van der Waals surface area contributed by atoms with Crippen LogP contribution in [0.2, 0.25) is 0 Å². The van der Waals surface area contributed by atoms with E-state index in [1.165, 1.54) is 11.8 Å². The predicted molar refractivity (Wildman–Crippen MR) is 79.3 cm³/mol. The number of morpholine rings is 1. The van der Waals surface area contributed by atoms with Crippen molar-refractivity contribution in [1.29, 1.82) is 0 Å². The first-order valence-corrected chi connectivity index (χ1v) is 8.00. The van der Waals surface area contributed by atoms with Gasteiger partial charge >= 0.3 is 0 Å². The molecular formula is C13H17BrN2O2S. The molecule has 1 saturated heterocycles. The number of hydrogen-bond donors (Lipinski definition) is 0. The number of rotatable bonds is 3. The number of thioether (sulfide) groups is 1. The van der Waals surface area contributed by atoms with E-state index in [9.17, 15) is 4.79 Å². The topological polar surface area (TPSA) is 42.4 Å². The van der Waals surface area contributed by atoms with E-state index in [4.69, 9.17) is 4.74 Å². The lowest BCUT2D eigenvalue weighted by molar-refractivity contribution is -0.140. The third-order valence-corrected chi connectivity index (χ3v) is 4.72. The van der Waals surface area contributed by atoms with E-state index >= 15 is 0 Å². The predicted octanol–water partition coefficient (Wildman–Crippen LogP) is 2.57. The first-order chi connectivity index (χ1) is 9.06. The van der Waals surface area contributed by atoms with Gasteiger partial charge in [-0.05, 0) is 41.9 Å². The summed E-state index contributed by atoms with van der Waals surface area (Å²) in [5.74, 6) is 0.555. The Labute approximate surface area is 126 Å². The second-order valence-electron chi connectivity index (χ2n) is 4.64. The number of nitrogens with zero attached hydrogens (tertiary/aromatic N) is 2. The van der Waals surface area contributed by atoms with Crippen molar-refractivity contribution in [3.63, 3.8) is 0 Å². The molecule has 2 unspecified atom stereocenters. The molecule has 0 radical (unpaired) electrons. The van der Waals surface area contributed by atoms with Crippen LogP contribution in [0.25, 0.3) is 0 Å². The average Bonchev–Trinajstić information content (AvgIpc) is 2.36. The van der Waals surface area contributed by atoms with Gasteiger partial charge in [-0.25, -0.2) is 4.98 Å². The number of aromatic nitrogens is 1. The summed E-state index contributed by atoms with van der Waals surface area (Å²) in [5.41, 5.74) is 0. The second kappa shape index (κ2) is 6.72. The molecular weight excluding hydrogens is 328 g/mol. The summed E-state index contributed by atoms with van der Waals surface area (Å²) in [6.07, 6.45) is 1.95. The van der Waals surface area contributed by atoms with Gasteiger partial charge < -0.3 is 9.64 Å². The summed E-state index contributed by atoms with van der Waals surface area (Å²) in [7, 11) is 0. The molecule has 0 aliphatic carbocycles. The molecule has 1 aromatic heterocycles. The van der Waals surface area contributed by atoms with Crippen LogP contribution in [0.15, 0.2) is 27.8 Å². The van der Waals surface area contributed by atoms with Crippen LogP contribution in [0.5, 0.6) is 0 Å². The van der Waals surface area contributed by atoms with E-state index < -0.39 is 0 Å². The summed E-state index contributed by atoms with van der Waals surface area (Å²) in [5, 5.41) is 0.852. The normalized spacial score (nSPS) is 23.4. The number of halogens is 1. The van der Waals surface area contributed by atoms with Gasteiger partial charge in [0.05, 0.1) is 18.0 Å². The van der Waals surface area contributed by atoms with Crippen LogP contribution in [0.4, 0.5) is 0 Å². The lowest BCUT2D eigenvalue weighted by Crippen LogP contribution is -2.48. The van der Waals surface area contributed by atoms with Gasteiger partial charge in [0.1, 0.15) is 5.03 Å². The van der Waals surface area contributed by atoms with Crippen molar-refractivity contribution >= 4 is 33.6 Å². The number of carbonyl (C=O) groups excluding carboxylic acids is 1. The molecule has 1 aliphatic rings. The lowest BCUT2D eigenvalue weighted by atomic mass is 10.2. The van der Waals surface area contributed by atoms with Crippen molar-refractivity contribution in [2.24, 2.45) is 0 Å². The van der Waals surface area contributed by atoms with Crippen LogP contribution in [-0.4, -0.2) is 46.8 Å². The Bertz CT molecular complexity index is 448. The van der Waals surface area contributed by atoms with E-state index in [2.05, 4.69) is 20.9 Å². The van der Waals surface area contributed by atoms with Crippen LogP contribution in [-0.2, 0) is 9.53 Å². The molecule has 0 saturated carbocycles. The molecule has 0 aromatic carbocycles. The van der Waals surface area contributed by atoms with Crippen LogP contribution >= 0.6 is 27.7 Å². The highest BCUT2D eigenvalue weighted by molar-refractivity contribution is 9.10. The summed E-state index contributed by atoms with van der Waals surface area (Å²) < 4.78 is 6.56. The minimum Gasteiger partial charge on any atom is -0.372 e. The molecule has 19 heavy (non-hydrogen) atoms. The Balaban J connectivity index is 1.89. The fraction of sp³-hybridized carbons (Fsp3) is 0.538. The highest BCUT2D eigenvalue weighted by Gasteiger charge is 2.25. The molecule has 0 N–H and O–H groups in total. The Kier molecular flexibility index (Phi) is 5.24. The SMILES string of the molecule is CC1CN(C(=O)CSc2ncccc2Br)CC(C)O1. The van der Waals surface area contributed by atoms with Crippen LogP contribution in [0.3, 0.4) is 0 Å². The van der Waals surface area contributed by atoms with Gasteiger partial charge in [-0.2, -0.15) is 0 Å². The van der Waals surface area contributed by atoms with E-state index in [1.54, 1.807) is 6.20 Å². The quantitative estimate of drug-likeness (QED) is 0.790. The van der Waals surface area contributed by atoms with Gasteiger partial charge in [0.25, 0.3) is 0 Å². The molecule has 2 atom stereocenters. The van der Waals surface area contributed by atoms with Crippen LogP contribution in [0, 0.1) is 0 Å². The summed E-state index contributed by atoms with van der Waals surface area (Å²) in [4.78, 5) is 18.3. The molecule has 4 nitrogen and oxygen atoms in total. The zero-order valence-corrected chi connectivity index (χ0v) is 13.4. The van der Waals surface area contributed by atoms with Crippen molar-refractivity contribution in [1.82, 2.24) is 9.88 Å². The number of pyridine rings is 1. The fourth-order valence-electron chi connectivity index (χ4n) is 2.08. The maximum Gasteiger partial charge on any atom is 0.233 e. The van der Waals surface area contributed by atoms with Crippen molar-refractivity contribution in [2.75, 3.05) is 18.8 Å². The minimum atomic E-state index is 0.110. The van der Waals surface area contributed by atoms with E-state index in [-0.39, 0.29) is 18.1 Å². The average molecular weight is 345 g/mol. The summed E-state index contributed by atoms with van der Waals surface area (Å²) in [6.45, 7) is 5.34. The first kappa shape index (κ1) is 14.8. The maximum atomic E-state index is 12.2. The van der Waals surface area contributed by atoms with E-state index in [0.29, 0.717) is 18.8 Å². The number of hydrogen-bond acceptors (Lipinski definition) is 4. The molecule has 104 valence electrons. The molecule has 2 heterocycles. The van der Waals surface area contributed by atoms with Gasteiger partial charge in [0.15, 0.2) is 0 Å². The Morgan fingerprint density at radius 2 is 2.21 bits per heavy atom. The smallest absolute Gasteiger partial charge is 0.233 e. The third-order valence-electron chi connectivity index (χ3n) is 2.83. The minimum absolute atomic E-state index is 0.110. The van der Waals surface area contributed by atoms with Crippen molar-refractivity contribution in [2.45, 2.75) is 31.1 Å². The van der Waals surface area contributed by atoms with E-state index in [1.807, 2.05) is 30.9 Å². The van der Waals surface area contributed by atoms with Crippen molar-refractivity contribution in [3.8, 4) is 0 Å². The Hall–Kier alpha value is -0.590. The molecule has 0 spiro atoms.